The van der Waals surface area contributed by atoms with Gasteiger partial charge in [0.2, 0.25) is 0 Å². The lowest BCUT2D eigenvalue weighted by atomic mass is 9.91. The summed E-state index contributed by atoms with van der Waals surface area (Å²) >= 11 is 0. The summed E-state index contributed by atoms with van der Waals surface area (Å²) in [5.74, 6) is 0.123. The smallest absolute Gasteiger partial charge is 0.338 e. The first-order valence-corrected chi connectivity index (χ1v) is 12.4. The molecular weight excluding hydrogens is 469 g/mol. The molecule has 3 aromatic carbocycles. The standard InChI is InChI=1S/C31H34FNO4/c1-20(2)29-26(18-31(4,36-6)30(34)35-5)25-17-24(37-19-22-10-8-7-9-11-22)13-15-28(25)33(29)23-12-14-27(32)21(3)16-23/h7-17,20H,18-19H2,1-6H3. The molecule has 0 amide bonds. The Kier molecular flexibility index (Phi) is 7.69. The molecule has 4 aromatic rings. The topological polar surface area (TPSA) is 49.7 Å². The monoisotopic (exact) mass is 503 g/mol. The van der Waals surface area contributed by atoms with Gasteiger partial charge in [0.15, 0.2) is 5.60 Å². The Morgan fingerprint density at radius 2 is 1.76 bits per heavy atom. The molecule has 194 valence electrons. The van der Waals surface area contributed by atoms with Crippen LogP contribution in [0.15, 0.2) is 66.7 Å². The lowest BCUT2D eigenvalue weighted by Gasteiger charge is -2.26. The zero-order valence-electron chi connectivity index (χ0n) is 22.3. The number of fused-ring (bicyclic) bond motifs is 1. The molecule has 37 heavy (non-hydrogen) atoms. The third-order valence-corrected chi connectivity index (χ3v) is 6.86. The third-order valence-electron chi connectivity index (χ3n) is 6.86. The number of aryl methyl sites for hydroxylation is 1. The minimum Gasteiger partial charge on any atom is -0.489 e. The maximum absolute atomic E-state index is 14.2. The first kappa shape index (κ1) is 26.4. The van der Waals surface area contributed by atoms with Gasteiger partial charge in [-0.2, -0.15) is 0 Å². The molecule has 0 fully saturated rings. The molecule has 6 heteroatoms. The number of aromatic nitrogens is 1. The van der Waals surface area contributed by atoms with Crippen LogP contribution >= 0.6 is 0 Å². The second kappa shape index (κ2) is 10.8. The molecule has 5 nitrogen and oxygen atoms in total. The van der Waals surface area contributed by atoms with E-state index >= 15 is 0 Å². The Morgan fingerprint density at radius 1 is 1.03 bits per heavy atom. The van der Waals surface area contributed by atoms with E-state index in [2.05, 4.69) is 18.4 Å². The highest BCUT2D eigenvalue weighted by Gasteiger charge is 2.37. The van der Waals surface area contributed by atoms with Gasteiger partial charge in [-0.1, -0.05) is 44.2 Å². The molecule has 0 radical (unpaired) electrons. The number of hydrogen-bond donors (Lipinski definition) is 0. The van der Waals surface area contributed by atoms with Crippen LogP contribution in [-0.4, -0.2) is 30.4 Å². The molecule has 1 heterocycles. The van der Waals surface area contributed by atoms with Crippen LogP contribution in [0.5, 0.6) is 5.75 Å². The first-order valence-electron chi connectivity index (χ1n) is 12.4. The number of carbonyl (C=O) groups is 1. The van der Waals surface area contributed by atoms with Crippen molar-refractivity contribution in [3.8, 4) is 11.4 Å². The molecule has 0 N–H and O–H groups in total. The quantitative estimate of drug-likeness (QED) is 0.233. The van der Waals surface area contributed by atoms with Crippen LogP contribution in [0.2, 0.25) is 0 Å². The van der Waals surface area contributed by atoms with E-state index in [0.717, 1.165) is 39.2 Å². The van der Waals surface area contributed by atoms with Crippen molar-refractivity contribution in [1.82, 2.24) is 4.57 Å². The van der Waals surface area contributed by atoms with Gasteiger partial charge in [0, 0.05) is 30.3 Å². The lowest BCUT2D eigenvalue weighted by molar-refractivity contribution is -0.163. The predicted octanol–water partition coefficient (Wildman–Crippen LogP) is 6.90. The van der Waals surface area contributed by atoms with Gasteiger partial charge in [0.1, 0.15) is 18.2 Å². The van der Waals surface area contributed by atoms with E-state index < -0.39 is 11.6 Å². The maximum atomic E-state index is 14.2. The molecule has 1 atom stereocenters. The van der Waals surface area contributed by atoms with Gasteiger partial charge in [-0.25, -0.2) is 9.18 Å². The van der Waals surface area contributed by atoms with E-state index in [9.17, 15) is 9.18 Å². The molecule has 1 aromatic heterocycles. The number of ether oxygens (including phenoxy) is 3. The summed E-state index contributed by atoms with van der Waals surface area (Å²) < 4.78 is 33.3. The Morgan fingerprint density at radius 3 is 2.38 bits per heavy atom. The van der Waals surface area contributed by atoms with Gasteiger partial charge in [-0.05, 0) is 72.9 Å². The van der Waals surface area contributed by atoms with E-state index in [-0.39, 0.29) is 11.7 Å². The number of rotatable bonds is 9. The van der Waals surface area contributed by atoms with Crippen LogP contribution < -0.4 is 4.74 Å². The molecule has 4 rings (SSSR count). The summed E-state index contributed by atoms with van der Waals surface area (Å²) in [5.41, 5.74) is 4.24. The van der Waals surface area contributed by atoms with Crippen molar-refractivity contribution in [2.45, 2.75) is 52.2 Å². The van der Waals surface area contributed by atoms with E-state index in [1.807, 2.05) is 54.6 Å². The van der Waals surface area contributed by atoms with Crippen LogP contribution in [0, 0.1) is 12.7 Å². The lowest BCUT2D eigenvalue weighted by Crippen LogP contribution is -2.41. The number of carbonyl (C=O) groups excluding carboxylic acids is 1. The van der Waals surface area contributed by atoms with E-state index in [1.165, 1.54) is 20.3 Å². The van der Waals surface area contributed by atoms with Crippen molar-refractivity contribution in [3.05, 3.63) is 94.9 Å². The zero-order chi connectivity index (χ0) is 26.7. The molecule has 0 saturated heterocycles. The van der Waals surface area contributed by atoms with Crippen molar-refractivity contribution < 1.29 is 23.4 Å². The Labute approximate surface area is 217 Å². The second-order valence-electron chi connectivity index (χ2n) is 9.84. The normalized spacial score (nSPS) is 13.1. The minimum absolute atomic E-state index is 0.0974. The van der Waals surface area contributed by atoms with Gasteiger partial charge in [0.05, 0.1) is 12.6 Å². The highest BCUT2D eigenvalue weighted by atomic mass is 19.1. The molecule has 0 aliphatic carbocycles. The highest BCUT2D eigenvalue weighted by Crippen LogP contribution is 2.39. The van der Waals surface area contributed by atoms with Crippen molar-refractivity contribution in [1.29, 1.82) is 0 Å². The molecule has 0 bridgehead atoms. The van der Waals surface area contributed by atoms with Crippen molar-refractivity contribution in [3.63, 3.8) is 0 Å². The van der Waals surface area contributed by atoms with E-state index in [1.54, 1.807) is 19.9 Å². The van der Waals surface area contributed by atoms with Gasteiger partial charge >= 0.3 is 5.97 Å². The Balaban J connectivity index is 1.92. The summed E-state index contributed by atoms with van der Waals surface area (Å²) in [4.78, 5) is 12.8. The first-order chi connectivity index (χ1) is 17.7. The molecular formula is C31H34FNO4. The Bertz CT molecular complexity index is 1410. The van der Waals surface area contributed by atoms with E-state index in [4.69, 9.17) is 14.2 Å². The van der Waals surface area contributed by atoms with Crippen LogP contribution in [0.25, 0.3) is 16.6 Å². The summed E-state index contributed by atoms with van der Waals surface area (Å²) in [6.45, 7) is 8.16. The average Bonchev–Trinajstić information content (AvgIpc) is 3.22. The van der Waals surface area contributed by atoms with Gasteiger partial charge in [-0.15, -0.1) is 0 Å². The maximum Gasteiger partial charge on any atom is 0.338 e. The van der Waals surface area contributed by atoms with Crippen LogP contribution in [0.3, 0.4) is 0 Å². The fourth-order valence-electron chi connectivity index (χ4n) is 4.80. The molecule has 0 spiro atoms. The molecule has 0 aliphatic heterocycles. The van der Waals surface area contributed by atoms with Gasteiger partial charge < -0.3 is 18.8 Å². The van der Waals surface area contributed by atoms with Crippen LogP contribution in [0.1, 0.15) is 49.1 Å². The average molecular weight is 504 g/mol. The summed E-state index contributed by atoms with van der Waals surface area (Å²) in [5, 5.41) is 0.948. The van der Waals surface area contributed by atoms with E-state index in [0.29, 0.717) is 18.6 Å². The number of nitrogens with zero attached hydrogens (tertiary/aromatic N) is 1. The van der Waals surface area contributed by atoms with Crippen molar-refractivity contribution in [2.75, 3.05) is 14.2 Å². The Hall–Kier alpha value is -3.64. The summed E-state index contributed by atoms with van der Waals surface area (Å²) in [6.07, 6.45) is 0.301. The van der Waals surface area contributed by atoms with Gasteiger partial charge in [-0.3, -0.25) is 0 Å². The number of methoxy groups -OCH3 is 2. The number of hydrogen-bond acceptors (Lipinski definition) is 4. The SMILES string of the molecule is COC(=O)C(C)(Cc1c(C(C)C)n(-c2ccc(F)c(C)c2)c2ccc(OCc3ccccc3)cc12)OC. The van der Waals surface area contributed by atoms with Crippen LogP contribution in [0.4, 0.5) is 4.39 Å². The predicted molar refractivity (Wildman–Crippen MR) is 144 cm³/mol. The largest absolute Gasteiger partial charge is 0.489 e. The zero-order valence-corrected chi connectivity index (χ0v) is 22.3. The number of esters is 1. The highest BCUT2D eigenvalue weighted by molar-refractivity contribution is 5.90. The molecule has 1 unspecified atom stereocenters. The van der Waals surface area contributed by atoms with Crippen LogP contribution in [-0.2, 0) is 27.3 Å². The molecule has 0 saturated carbocycles. The summed E-state index contributed by atoms with van der Waals surface area (Å²) in [6, 6.07) is 21.1. The minimum atomic E-state index is -1.18. The fraction of sp³-hybridized carbons (Fsp3) is 0.323. The third kappa shape index (κ3) is 5.25. The number of halogens is 1. The molecule has 0 aliphatic rings. The fourth-order valence-corrected chi connectivity index (χ4v) is 4.80. The van der Waals surface area contributed by atoms with Crippen molar-refractivity contribution in [2.24, 2.45) is 0 Å². The van der Waals surface area contributed by atoms with Gasteiger partial charge in [0.25, 0.3) is 0 Å². The second-order valence-corrected chi connectivity index (χ2v) is 9.84. The number of benzene rings is 3. The van der Waals surface area contributed by atoms with Crippen molar-refractivity contribution >= 4 is 16.9 Å². The summed E-state index contributed by atoms with van der Waals surface area (Å²) in [7, 11) is 2.88.